The number of nitrogens with zero attached hydrogens (tertiary/aromatic N) is 2. The maximum atomic E-state index is 6.06. The molecule has 0 saturated carbocycles. The first-order chi connectivity index (χ1) is 8.36. The quantitative estimate of drug-likeness (QED) is 0.831. The molecule has 0 fully saturated rings. The van der Waals surface area contributed by atoms with E-state index in [2.05, 4.69) is 49.2 Å². The normalized spacial score (nSPS) is 13.4. The van der Waals surface area contributed by atoms with Crippen molar-refractivity contribution in [1.82, 2.24) is 9.97 Å². The molecule has 1 rings (SSSR count). The Morgan fingerprint density at radius 1 is 1.39 bits per heavy atom. The topological polar surface area (TPSA) is 37.8 Å². The lowest BCUT2D eigenvalue weighted by molar-refractivity contribution is 0.545. The summed E-state index contributed by atoms with van der Waals surface area (Å²) in [5.74, 6) is 2.65. The van der Waals surface area contributed by atoms with Gasteiger partial charge in [-0.25, -0.2) is 9.97 Å². The minimum absolute atomic E-state index is 0.0947. The van der Waals surface area contributed by atoms with Crippen LogP contribution in [0.3, 0.4) is 0 Å². The summed E-state index contributed by atoms with van der Waals surface area (Å²) < 4.78 is 0. The Hall–Kier alpha value is -0.480. The molecular weight excluding hydrogens is 266 g/mol. The highest BCUT2D eigenvalue weighted by Crippen LogP contribution is 2.23. The van der Waals surface area contributed by atoms with E-state index in [0.717, 1.165) is 23.8 Å². The van der Waals surface area contributed by atoms with Crippen molar-refractivity contribution in [3.05, 3.63) is 17.0 Å². The van der Waals surface area contributed by atoms with E-state index in [1.54, 1.807) is 6.07 Å². The second-order valence-electron chi connectivity index (χ2n) is 5.35. The van der Waals surface area contributed by atoms with Gasteiger partial charge in [-0.3, -0.25) is 0 Å². The molecule has 0 aliphatic carbocycles. The molecule has 3 nitrogen and oxygen atoms in total. The molecule has 1 heterocycles. The van der Waals surface area contributed by atoms with Crippen LogP contribution in [-0.2, 0) is 5.41 Å². The Morgan fingerprint density at radius 3 is 2.56 bits per heavy atom. The summed E-state index contributed by atoms with van der Waals surface area (Å²) >= 11 is 7.89. The van der Waals surface area contributed by atoms with Gasteiger partial charge in [0.25, 0.3) is 0 Å². The van der Waals surface area contributed by atoms with Gasteiger partial charge in [0.05, 0.1) is 0 Å². The van der Waals surface area contributed by atoms with Crippen LogP contribution >= 0.6 is 23.4 Å². The minimum Gasteiger partial charge on any atom is -0.366 e. The zero-order valence-electron chi connectivity index (χ0n) is 11.7. The zero-order valence-corrected chi connectivity index (χ0v) is 13.3. The molecule has 5 heteroatoms. The molecule has 1 N–H and O–H groups in total. The third-order valence-corrected chi connectivity index (χ3v) is 3.51. The molecule has 0 saturated heterocycles. The average Bonchev–Trinajstić information content (AvgIpc) is 2.26. The molecule has 1 unspecified atom stereocenters. The largest absolute Gasteiger partial charge is 0.366 e. The van der Waals surface area contributed by atoms with Gasteiger partial charge in [0.15, 0.2) is 0 Å². The fourth-order valence-electron chi connectivity index (χ4n) is 1.50. The van der Waals surface area contributed by atoms with E-state index in [-0.39, 0.29) is 5.41 Å². The molecule has 0 aliphatic rings. The SMILES string of the molecule is CCC(CSC)Nc1cc(Cl)nc(C(C)(C)C)n1. The van der Waals surface area contributed by atoms with E-state index in [1.807, 2.05) is 11.8 Å². The first-order valence-corrected chi connectivity index (χ1v) is 7.94. The molecule has 1 aromatic heterocycles. The summed E-state index contributed by atoms with van der Waals surface area (Å²) in [6.45, 7) is 8.42. The number of hydrogen-bond acceptors (Lipinski definition) is 4. The van der Waals surface area contributed by atoms with Gasteiger partial charge in [-0.2, -0.15) is 11.8 Å². The highest BCUT2D eigenvalue weighted by atomic mass is 35.5. The smallest absolute Gasteiger partial charge is 0.137 e. The van der Waals surface area contributed by atoms with Crippen molar-refractivity contribution >= 4 is 29.2 Å². The standard InChI is InChI=1S/C13H22ClN3S/c1-6-9(8-18-5)15-11-7-10(14)16-12(17-11)13(2,3)4/h7,9H,6,8H2,1-5H3,(H,15,16,17). The van der Waals surface area contributed by atoms with Crippen molar-refractivity contribution < 1.29 is 0 Å². The number of rotatable bonds is 5. The molecule has 0 bridgehead atoms. The van der Waals surface area contributed by atoms with Crippen LogP contribution in [0.5, 0.6) is 0 Å². The second-order valence-corrected chi connectivity index (χ2v) is 6.65. The molecular formula is C13H22ClN3S. The van der Waals surface area contributed by atoms with Gasteiger partial charge >= 0.3 is 0 Å². The van der Waals surface area contributed by atoms with E-state index in [4.69, 9.17) is 11.6 Å². The van der Waals surface area contributed by atoms with Crippen molar-refractivity contribution in [3.63, 3.8) is 0 Å². The van der Waals surface area contributed by atoms with Crippen molar-refractivity contribution in [2.75, 3.05) is 17.3 Å². The molecule has 0 spiro atoms. The van der Waals surface area contributed by atoms with E-state index in [9.17, 15) is 0 Å². The third kappa shape index (κ3) is 4.65. The van der Waals surface area contributed by atoms with E-state index in [0.29, 0.717) is 11.2 Å². The highest BCUT2D eigenvalue weighted by molar-refractivity contribution is 7.98. The Kier molecular flexibility index (Phi) is 5.73. The van der Waals surface area contributed by atoms with Crippen LogP contribution < -0.4 is 5.32 Å². The molecule has 0 radical (unpaired) electrons. The van der Waals surface area contributed by atoms with Crippen molar-refractivity contribution in [1.29, 1.82) is 0 Å². The van der Waals surface area contributed by atoms with Crippen LogP contribution in [0.4, 0.5) is 5.82 Å². The maximum Gasteiger partial charge on any atom is 0.137 e. The van der Waals surface area contributed by atoms with E-state index < -0.39 is 0 Å². The summed E-state index contributed by atoms with van der Waals surface area (Å²) in [5, 5.41) is 3.92. The number of nitrogens with one attached hydrogen (secondary N) is 1. The Labute approximate surface area is 119 Å². The molecule has 1 aromatic rings. The van der Waals surface area contributed by atoms with Crippen LogP contribution in [0.2, 0.25) is 5.15 Å². The van der Waals surface area contributed by atoms with Gasteiger partial charge in [-0.15, -0.1) is 0 Å². The number of hydrogen-bond donors (Lipinski definition) is 1. The zero-order chi connectivity index (χ0) is 13.8. The van der Waals surface area contributed by atoms with Gasteiger partial charge < -0.3 is 5.32 Å². The Morgan fingerprint density at radius 2 is 2.06 bits per heavy atom. The van der Waals surface area contributed by atoms with Crippen molar-refractivity contribution in [2.24, 2.45) is 0 Å². The third-order valence-electron chi connectivity index (χ3n) is 2.58. The molecule has 18 heavy (non-hydrogen) atoms. The summed E-state index contributed by atoms with van der Waals surface area (Å²) in [6.07, 6.45) is 3.17. The molecule has 1 atom stereocenters. The lowest BCUT2D eigenvalue weighted by atomic mass is 9.96. The van der Waals surface area contributed by atoms with Crippen LogP contribution in [0.15, 0.2) is 6.07 Å². The maximum absolute atomic E-state index is 6.06. The van der Waals surface area contributed by atoms with Crippen LogP contribution in [0.1, 0.15) is 39.9 Å². The molecule has 102 valence electrons. The second kappa shape index (κ2) is 6.62. The molecule has 0 aromatic carbocycles. The highest BCUT2D eigenvalue weighted by Gasteiger charge is 2.19. The van der Waals surface area contributed by atoms with Crippen LogP contribution in [-0.4, -0.2) is 28.0 Å². The van der Waals surface area contributed by atoms with Crippen LogP contribution in [0, 0.1) is 0 Å². The number of anilines is 1. The van der Waals surface area contributed by atoms with Gasteiger partial charge in [0.1, 0.15) is 16.8 Å². The van der Waals surface area contributed by atoms with Gasteiger partial charge in [0.2, 0.25) is 0 Å². The van der Waals surface area contributed by atoms with E-state index >= 15 is 0 Å². The number of halogens is 1. The predicted molar refractivity (Wildman–Crippen MR) is 81.8 cm³/mol. The molecule has 0 aliphatic heterocycles. The van der Waals surface area contributed by atoms with Gasteiger partial charge in [-0.05, 0) is 12.7 Å². The summed E-state index contributed by atoms with van der Waals surface area (Å²) in [6, 6.07) is 2.21. The average molecular weight is 288 g/mol. The number of aromatic nitrogens is 2. The summed E-state index contributed by atoms with van der Waals surface area (Å²) in [7, 11) is 0. The van der Waals surface area contributed by atoms with Gasteiger partial charge in [0, 0.05) is 23.3 Å². The van der Waals surface area contributed by atoms with E-state index in [1.165, 1.54) is 0 Å². The van der Waals surface area contributed by atoms with Gasteiger partial charge in [-0.1, -0.05) is 39.3 Å². The first kappa shape index (κ1) is 15.6. The van der Waals surface area contributed by atoms with Crippen LogP contribution in [0.25, 0.3) is 0 Å². The first-order valence-electron chi connectivity index (χ1n) is 6.17. The lowest BCUT2D eigenvalue weighted by Crippen LogP contribution is -2.23. The summed E-state index contributed by atoms with van der Waals surface area (Å²) in [5.41, 5.74) is -0.0947. The van der Waals surface area contributed by atoms with Crippen molar-refractivity contribution in [2.45, 2.75) is 45.6 Å². The predicted octanol–water partition coefficient (Wildman–Crippen LogP) is 3.98. The Balaban J connectivity index is 2.92. The number of thioether (sulfide) groups is 1. The Bertz CT molecular complexity index is 390. The monoisotopic (exact) mass is 287 g/mol. The lowest BCUT2D eigenvalue weighted by Gasteiger charge is -2.20. The fourth-order valence-corrected chi connectivity index (χ4v) is 2.40. The van der Waals surface area contributed by atoms with Crippen molar-refractivity contribution in [3.8, 4) is 0 Å². The summed E-state index contributed by atoms with van der Waals surface area (Å²) in [4.78, 5) is 8.85. The fraction of sp³-hybridized carbons (Fsp3) is 0.692. The minimum atomic E-state index is -0.0947. The molecule has 0 amide bonds.